The second-order valence-corrected chi connectivity index (χ2v) is 5.35. The number of aromatic nitrogens is 2. The fourth-order valence-corrected chi connectivity index (χ4v) is 3.07. The van der Waals surface area contributed by atoms with Gasteiger partial charge in [-0.15, -0.1) is 0 Å². The highest BCUT2D eigenvalue weighted by molar-refractivity contribution is 5.78. The van der Waals surface area contributed by atoms with Gasteiger partial charge in [-0.25, -0.2) is 0 Å². The second kappa shape index (κ2) is 4.72. The molecule has 1 aromatic rings. The number of ether oxygens (including phenoxy) is 1. The lowest BCUT2D eigenvalue weighted by molar-refractivity contribution is -0.145. The Bertz CT molecular complexity index is 418. The maximum Gasteiger partial charge on any atom is 0.323 e. The molecule has 2 fully saturated rings. The van der Waals surface area contributed by atoms with E-state index in [0.29, 0.717) is 5.92 Å². The van der Waals surface area contributed by atoms with Crippen LogP contribution in [0.2, 0.25) is 0 Å². The number of nitrogens with one attached hydrogen (secondary N) is 1. The van der Waals surface area contributed by atoms with Gasteiger partial charge < -0.3 is 4.74 Å². The van der Waals surface area contributed by atoms with Gasteiger partial charge in [0.1, 0.15) is 12.1 Å². The molecule has 0 unspecified atom stereocenters. The molecule has 1 aromatic heterocycles. The van der Waals surface area contributed by atoms with E-state index in [-0.39, 0.29) is 18.1 Å². The zero-order valence-corrected chi connectivity index (χ0v) is 10.6. The third kappa shape index (κ3) is 2.14. The standard InChI is InChI=1S/C13H19N3O2/c1-9-7-12(13(17)18-9)16-6-2-3-10(8-16)11-4-5-14-15-11/h4-5,9-10,12H,2-3,6-8H2,1H3,(H,14,15)/t9-,10-,12-/m1/s1. The summed E-state index contributed by atoms with van der Waals surface area (Å²) in [5.74, 6) is 0.415. The fraction of sp³-hybridized carbons (Fsp3) is 0.692. The fourth-order valence-electron chi connectivity index (χ4n) is 3.07. The summed E-state index contributed by atoms with van der Waals surface area (Å²) in [4.78, 5) is 14.1. The average Bonchev–Trinajstić information content (AvgIpc) is 2.99. The Kier molecular flexibility index (Phi) is 3.07. The minimum absolute atomic E-state index is 0.0364. The quantitative estimate of drug-likeness (QED) is 0.802. The lowest BCUT2D eigenvalue weighted by Crippen LogP contribution is -2.44. The molecule has 0 spiro atoms. The molecule has 2 aliphatic heterocycles. The van der Waals surface area contributed by atoms with Crippen molar-refractivity contribution >= 4 is 5.97 Å². The van der Waals surface area contributed by atoms with Gasteiger partial charge in [0.25, 0.3) is 0 Å². The van der Waals surface area contributed by atoms with Crippen molar-refractivity contribution in [1.82, 2.24) is 15.1 Å². The molecule has 3 atom stereocenters. The first kappa shape index (κ1) is 11.7. The van der Waals surface area contributed by atoms with Gasteiger partial charge in [0, 0.05) is 30.8 Å². The Morgan fingerprint density at radius 1 is 1.56 bits per heavy atom. The molecule has 3 rings (SSSR count). The van der Waals surface area contributed by atoms with Crippen molar-refractivity contribution in [3.05, 3.63) is 18.0 Å². The van der Waals surface area contributed by atoms with E-state index in [1.54, 1.807) is 6.20 Å². The minimum Gasteiger partial charge on any atom is -0.461 e. The third-order valence-corrected chi connectivity index (χ3v) is 4.00. The number of H-pyrrole nitrogens is 1. The number of likely N-dealkylation sites (tertiary alicyclic amines) is 1. The molecule has 5 nitrogen and oxygen atoms in total. The lowest BCUT2D eigenvalue weighted by Gasteiger charge is -2.34. The topological polar surface area (TPSA) is 58.2 Å². The Hall–Kier alpha value is -1.36. The van der Waals surface area contributed by atoms with Crippen LogP contribution in [0, 0.1) is 0 Å². The number of piperidine rings is 1. The van der Waals surface area contributed by atoms with Crippen LogP contribution in [0.1, 0.15) is 37.8 Å². The Morgan fingerprint density at radius 2 is 2.44 bits per heavy atom. The molecule has 3 heterocycles. The zero-order valence-electron chi connectivity index (χ0n) is 10.6. The van der Waals surface area contributed by atoms with Gasteiger partial charge in [0.05, 0.1) is 0 Å². The predicted octanol–water partition coefficient (Wildman–Crippen LogP) is 1.29. The molecule has 0 radical (unpaired) electrons. The van der Waals surface area contributed by atoms with E-state index >= 15 is 0 Å². The van der Waals surface area contributed by atoms with Crippen molar-refractivity contribution in [2.75, 3.05) is 13.1 Å². The highest BCUT2D eigenvalue weighted by Gasteiger charge is 2.38. The summed E-state index contributed by atoms with van der Waals surface area (Å²) in [5.41, 5.74) is 1.18. The highest BCUT2D eigenvalue weighted by Crippen LogP contribution is 2.29. The van der Waals surface area contributed by atoms with Crippen molar-refractivity contribution in [1.29, 1.82) is 0 Å². The van der Waals surface area contributed by atoms with E-state index in [1.807, 2.05) is 13.0 Å². The monoisotopic (exact) mass is 249 g/mol. The van der Waals surface area contributed by atoms with Crippen LogP contribution in [0.5, 0.6) is 0 Å². The summed E-state index contributed by atoms with van der Waals surface area (Å²) in [7, 11) is 0. The smallest absolute Gasteiger partial charge is 0.323 e. The van der Waals surface area contributed by atoms with Crippen molar-refractivity contribution in [2.45, 2.75) is 44.2 Å². The molecule has 2 saturated heterocycles. The van der Waals surface area contributed by atoms with Gasteiger partial charge >= 0.3 is 5.97 Å². The highest BCUT2D eigenvalue weighted by atomic mass is 16.6. The predicted molar refractivity (Wildman–Crippen MR) is 66.1 cm³/mol. The van der Waals surface area contributed by atoms with E-state index < -0.39 is 0 Å². The Labute approximate surface area is 107 Å². The van der Waals surface area contributed by atoms with Gasteiger partial charge in [0.15, 0.2) is 0 Å². The molecule has 0 saturated carbocycles. The molecule has 98 valence electrons. The lowest BCUT2D eigenvalue weighted by atomic mass is 9.93. The summed E-state index contributed by atoms with van der Waals surface area (Å²) in [6.07, 6.45) is 4.97. The van der Waals surface area contributed by atoms with Crippen LogP contribution in [0.15, 0.2) is 12.3 Å². The first-order chi connectivity index (χ1) is 8.74. The minimum atomic E-state index is -0.0484. The van der Waals surface area contributed by atoms with Crippen molar-refractivity contribution < 1.29 is 9.53 Å². The van der Waals surface area contributed by atoms with E-state index in [9.17, 15) is 4.79 Å². The van der Waals surface area contributed by atoms with Crippen LogP contribution in [0.25, 0.3) is 0 Å². The maximum atomic E-state index is 11.8. The summed E-state index contributed by atoms with van der Waals surface area (Å²) in [6.45, 7) is 3.89. The molecule has 0 bridgehead atoms. The van der Waals surface area contributed by atoms with Gasteiger partial charge in [-0.2, -0.15) is 5.10 Å². The first-order valence-corrected chi connectivity index (χ1v) is 6.68. The van der Waals surface area contributed by atoms with E-state index in [2.05, 4.69) is 15.1 Å². The van der Waals surface area contributed by atoms with Crippen LogP contribution in [0.4, 0.5) is 0 Å². The summed E-state index contributed by atoms with van der Waals surface area (Å²) in [5, 5.41) is 7.06. The Balaban J connectivity index is 1.69. The molecule has 2 aliphatic rings. The summed E-state index contributed by atoms with van der Waals surface area (Å²) in [6, 6.07) is 2.00. The Morgan fingerprint density at radius 3 is 3.11 bits per heavy atom. The van der Waals surface area contributed by atoms with Crippen LogP contribution in [0.3, 0.4) is 0 Å². The number of cyclic esters (lactones) is 1. The number of hydrogen-bond donors (Lipinski definition) is 1. The van der Waals surface area contributed by atoms with Crippen LogP contribution >= 0.6 is 0 Å². The summed E-state index contributed by atoms with van der Waals surface area (Å²) < 4.78 is 5.25. The molecular weight excluding hydrogens is 230 g/mol. The van der Waals surface area contributed by atoms with Gasteiger partial charge in [-0.05, 0) is 32.4 Å². The van der Waals surface area contributed by atoms with E-state index in [0.717, 1.165) is 32.4 Å². The van der Waals surface area contributed by atoms with Gasteiger partial charge in [-0.1, -0.05) is 0 Å². The molecule has 18 heavy (non-hydrogen) atoms. The molecule has 1 N–H and O–H groups in total. The molecular formula is C13H19N3O2. The molecule has 0 aromatic carbocycles. The van der Waals surface area contributed by atoms with Gasteiger partial charge in [-0.3, -0.25) is 14.8 Å². The SMILES string of the molecule is C[C@@H]1C[C@@H](N2CCC[C@@H](c3ccn[nH]3)C2)C(=O)O1. The van der Waals surface area contributed by atoms with E-state index in [1.165, 1.54) is 5.69 Å². The number of esters is 1. The number of aromatic amines is 1. The number of rotatable bonds is 2. The maximum absolute atomic E-state index is 11.8. The van der Waals surface area contributed by atoms with Crippen LogP contribution in [-0.4, -0.2) is 46.3 Å². The summed E-state index contributed by atoms with van der Waals surface area (Å²) >= 11 is 0. The second-order valence-electron chi connectivity index (χ2n) is 5.35. The largest absolute Gasteiger partial charge is 0.461 e. The average molecular weight is 249 g/mol. The van der Waals surface area contributed by atoms with E-state index in [4.69, 9.17) is 4.74 Å². The number of hydrogen-bond acceptors (Lipinski definition) is 4. The van der Waals surface area contributed by atoms with Crippen molar-refractivity contribution in [3.8, 4) is 0 Å². The molecule has 5 heteroatoms. The number of nitrogens with zero attached hydrogens (tertiary/aromatic N) is 2. The zero-order chi connectivity index (χ0) is 12.5. The number of carbonyl (C=O) groups excluding carboxylic acids is 1. The van der Waals surface area contributed by atoms with Crippen LogP contribution < -0.4 is 0 Å². The number of carbonyl (C=O) groups is 1. The normalized spacial score (nSPS) is 33.6. The van der Waals surface area contributed by atoms with Crippen LogP contribution in [-0.2, 0) is 9.53 Å². The molecule has 0 aliphatic carbocycles. The van der Waals surface area contributed by atoms with Crippen molar-refractivity contribution in [2.24, 2.45) is 0 Å². The first-order valence-electron chi connectivity index (χ1n) is 6.68. The molecule has 0 amide bonds. The van der Waals surface area contributed by atoms with Gasteiger partial charge in [0.2, 0.25) is 0 Å². The third-order valence-electron chi connectivity index (χ3n) is 4.00. The van der Waals surface area contributed by atoms with Crippen molar-refractivity contribution in [3.63, 3.8) is 0 Å².